The zero-order valence-corrected chi connectivity index (χ0v) is 98.3. The maximum Gasteiger partial charge on any atom is 0.314 e. The van der Waals surface area contributed by atoms with Crippen molar-refractivity contribution in [1.29, 1.82) is 0 Å². The van der Waals surface area contributed by atoms with Crippen molar-refractivity contribution in [3.63, 3.8) is 0 Å². The molecule has 0 unspecified atom stereocenters. The third-order valence-electron chi connectivity index (χ3n) is 13.5. The van der Waals surface area contributed by atoms with Crippen LogP contribution in [-0.2, 0) is 100 Å². The maximum atomic E-state index is 9.07. The lowest BCUT2D eigenvalue weighted by Gasteiger charge is -2.45. The Morgan fingerprint density at radius 3 is 0.333 bits per heavy atom. The van der Waals surface area contributed by atoms with E-state index in [1.165, 1.54) is 0 Å². The first kappa shape index (κ1) is 109. The van der Waals surface area contributed by atoms with Crippen LogP contribution in [0.15, 0.2) is 0 Å². The number of rotatable bonds is 56. The van der Waals surface area contributed by atoms with Gasteiger partial charge in [0.25, 0.3) is 0 Å². The molecule has 0 amide bonds. The second-order valence-corrected chi connectivity index (χ2v) is 123. The highest BCUT2D eigenvalue weighted by Crippen LogP contribution is 2.37. The Morgan fingerprint density at radius 2 is 0.238 bits per heavy atom. The third-order valence-corrected chi connectivity index (χ3v) is 104. The van der Waals surface area contributed by atoms with Crippen molar-refractivity contribution < 1.29 is 110 Å². The summed E-state index contributed by atoms with van der Waals surface area (Å²) in [6, 6.07) is 1.87. The van der Waals surface area contributed by atoms with Gasteiger partial charge in [-0.2, -0.15) is 0 Å². The number of ether oxygens (including phenoxy) is 2. The first-order valence-corrected chi connectivity index (χ1v) is 103. The molecule has 0 aliphatic carbocycles. The minimum atomic E-state index is -2.91. The van der Waals surface area contributed by atoms with E-state index in [0.717, 1.165) is 24.9 Å². The molecule has 0 aromatic rings. The fourth-order valence-electron chi connectivity index (χ4n) is 15.2. The SMILES string of the molecule is C[Si](C)(CCCOCCO)O[Si](C)(C)O[Si](C)(C)O[Si](C)(C)O[Si](C)(C)O[Si](C)(C)O[Si](C)(C)O[Si](C)(C)O[Si](C)(C)O[Si](C)(C)O[Si](C)(C)O[Si](C)(C)O[Si](C)(C)O[Si](C)(C)O[Si](C)(C)O[Si](C)(C)O[Si](C)(C)O[Si](C)(C)O[Si](C)(C)O[Si](C)(C)O[Si](C)(C)O[Si](C)(C)O[Si](C)(C)CCCOCCO. The van der Waals surface area contributed by atoms with Crippen molar-refractivity contribution in [2.45, 2.75) is 326 Å². The van der Waals surface area contributed by atoms with Crippen LogP contribution >= 0.6 is 0 Å². The summed E-state index contributed by atoms with van der Waals surface area (Å²) in [4.78, 5) is 0. The molecule has 0 bridgehead atoms. The number of aliphatic hydroxyl groups excluding tert-OH is 2. The molecule has 105 heavy (non-hydrogen) atoms. The molecule has 0 saturated heterocycles. The summed E-state index contributed by atoms with van der Waals surface area (Å²) in [5, 5.41) is 18.1. The van der Waals surface area contributed by atoms with E-state index in [0.29, 0.717) is 26.4 Å². The summed E-state index contributed by atoms with van der Waals surface area (Å²) < 4.78 is 163. The molecule has 0 spiro atoms. The first-order valence-electron chi connectivity index (χ1n) is 37.5. The molecule has 2 N–H and O–H groups in total. The molecule has 0 aromatic carbocycles. The van der Waals surface area contributed by atoms with Crippen molar-refractivity contribution in [2.24, 2.45) is 0 Å². The standard InChI is InChI=1S/C56H160O26Si23/c1-83(2,55-47-51-59-53-49-57)61-85(5,6)63-87(9,10)65-89(13,14)67-91(17,18)69-93(21,22)71-95(25,26)73-97(29,30)75-99(33,34)77-101(37,38)79-103(41,42)81-105(45,46)82-104(43,44)80-102(39,40)78-100(35,36)76-98(31,32)74-96(27,28)72-94(23,24)70-92(19,20)68-90(15,16)66-88(11,12)64-86(7,8)62-84(3,4)56-48-52-60-54-50-58/h57-58H,47-56H2,1-46H3. The topological polar surface area (TPSA) is 262 Å². The van der Waals surface area contributed by atoms with E-state index < -0.39 is 196 Å². The molecule has 0 radical (unpaired) electrons. The van der Waals surface area contributed by atoms with E-state index in [4.69, 9.17) is 110 Å². The van der Waals surface area contributed by atoms with Gasteiger partial charge in [0.05, 0.1) is 26.4 Å². The van der Waals surface area contributed by atoms with E-state index in [-0.39, 0.29) is 13.2 Å². The van der Waals surface area contributed by atoms with Gasteiger partial charge in [0.1, 0.15) is 0 Å². The van der Waals surface area contributed by atoms with E-state index in [1.54, 1.807) is 0 Å². The van der Waals surface area contributed by atoms with Gasteiger partial charge in [-0.1, -0.05) is 0 Å². The van der Waals surface area contributed by atoms with Gasteiger partial charge in [0.15, 0.2) is 16.6 Å². The van der Waals surface area contributed by atoms with Gasteiger partial charge < -0.3 is 110 Å². The quantitative estimate of drug-likeness (QED) is 0.0423. The Kier molecular flexibility index (Phi) is 41.4. The Morgan fingerprint density at radius 1 is 0.143 bits per heavy atom. The largest absolute Gasteiger partial charge is 0.436 e. The van der Waals surface area contributed by atoms with E-state index in [9.17, 15) is 0 Å². The summed E-state index contributed by atoms with van der Waals surface area (Å²) >= 11 is 0. The Bertz CT molecular complexity index is 2450. The second kappa shape index (κ2) is 39.9. The molecular formula is C56H160O26Si23. The van der Waals surface area contributed by atoms with Crippen molar-refractivity contribution in [3.8, 4) is 0 Å². The van der Waals surface area contributed by atoms with Crippen LogP contribution < -0.4 is 0 Å². The van der Waals surface area contributed by atoms with Gasteiger partial charge in [0, 0.05) is 13.2 Å². The van der Waals surface area contributed by atoms with Crippen LogP contribution in [-0.4, -0.2) is 246 Å². The monoisotopic (exact) mass is 1890 g/mol. The van der Waals surface area contributed by atoms with Crippen molar-refractivity contribution in [2.75, 3.05) is 39.6 Å². The highest BCUT2D eigenvalue weighted by atomic mass is 28.6. The average Bonchev–Trinajstić information content (AvgIpc) is 0.816. The smallest absolute Gasteiger partial charge is 0.314 e. The lowest BCUT2D eigenvalue weighted by Crippen LogP contribution is -2.63. The van der Waals surface area contributed by atoms with Crippen LogP contribution in [0.2, 0.25) is 313 Å². The minimum Gasteiger partial charge on any atom is -0.436 e. The van der Waals surface area contributed by atoms with Gasteiger partial charge in [-0.15, -0.1) is 0 Å². The highest BCUT2D eigenvalue weighted by Gasteiger charge is 2.56. The molecule has 0 atom stereocenters. The lowest BCUT2D eigenvalue weighted by atomic mass is 10.5. The van der Waals surface area contributed by atoms with Gasteiger partial charge in [0.2, 0.25) is 0 Å². The number of hydrogen-bond donors (Lipinski definition) is 2. The molecule has 0 aliphatic rings. The van der Waals surface area contributed by atoms with Crippen LogP contribution in [0, 0.1) is 0 Å². The van der Waals surface area contributed by atoms with Crippen molar-refractivity contribution in [3.05, 3.63) is 0 Å². The van der Waals surface area contributed by atoms with Crippen LogP contribution in [0.4, 0.5) is 0 Å². The van der Waals surface area contributed by atoms with E-state index >= 15 is 0 Å². The summed E-state index contributed by atoms with van der Waals surface area (Å²) in [6.07, 6.45) is 1.76. The van der Waals surface area contributed by atoms with Crippen molar-refractivity contribution >= 4 is 196 Å². The highest BCUT2D eigenvalue weighted by molar-refractivity contribution is 6.97. The molecule has 26 nitrogen and oxygen atoms in total. The Balaban J connectivity index is 5.85. The van der Waals surface area contributed by atoms with Crippen LogP contribution in [0.1, 0.15) is 12.8 Å². The molecule has 0 fully saturated rings. The zero-order chi connectivity index (χ0) is 83.5. The van der Waals surface area contributed by atoms with Gasteiger partial charge in [-0.25, -0.2) is 0 Å². The molecule has 49 heteroatoms. The second-order valence-electron chi connectivity index (χ2n) is 38.0. The van der Waals surface area contributed by atoms with Gasteiger partial charge >= 0.3 is 180 Å². The van der Waals surface area contributed by atoms with Gasteiger partial charge in [-0.05, 0) is 326 Å². The number of hydrogen-bond acceptors (Lipinski definition) is 26. The summed E-state index contributed by atoms with van der Waals surface area (Å²) in [5.74, 6) is 0. The molecular weight excluding hydrogens is 1730 g/mol. The third kappa shape index (κ3) is 52.5. The molecule has 0 aliphatic heterocycles. The molecule has 0 heterocycles. The molecule has 0 rings (SSSR count). The van der Waals surface area contributed by atoms with Crippen LogP contribution in [0.3, 0.4) is 0 Å². The lowest BCUT2D eigenvalue weighted by molar-refractivity contribution is 0.0923. The Labute approximate surface area is 666 Å². The van der Waals surface area contributed by atoms with Crippen molar-refractivity contribution in [1.82, 2.24) is 0 Å². The molecule has 0 aromatic heterocycles. The summed E-state index contributed by atoms with van der Waals surface area (Å²) in [5.41, 5.74) is 0. The Hall–Kier alpha value is 3.95. The minimum absolute atomic E-state index is 0.0257. The first-order chi connectivity index (χ1) is 45.7. The van der Waals surface area contributed by atoms with Crippen LogP contribution in [0.25, 0.3) is 0 Å². The predicted octanol–water partition coefficient (Wildman–Crippen LogP) is 17.3. The van der Waals surface area contributed by atoms with E-state index in [2.05, 4.69) is 301 Å². The fourth-order valence-corrected chi connectivity index (χ4v) is 135. The number of aliphatic hydroxyl groups is 2. The van der Waals surface area contributed by atoms with Gasteiger partial charge in [-0.3, -0.25) is 0 Å². The molecule has 0 saturated carbocycles. The zero-order valence-electron chi connectivity index (χ0n) is 75.3. The fraction of sp³-hybridized carbons (Fsp3) is 1.00. The average molecular weight is 1900 g/mol. The molecule has 632 valence electrons. The van der Waals surface area contributed by atoms with E-state index in [1.807, 2.05) is 0 Å². The predicted molar refractivity (Wildman–Crippen MR) is 481 cm³/mol. The normalized spacial score (nSPS) is 15.8. The summed E-state index contributed by atoms with van der Waals surface area (Å²) in [6.45, 7) is 97.4. The maximum absolute atomic E-state index is 9.07. The van der Waals surface area contributed by atoms with Crippen LogP contribution in [0.5, 0.6) is 0 Å². The summed E-state index contributed by atoms with van der Waals surface area (Å²) in [7, 11) is -63.6.